The number of hydrogen-bond donors (Lipinski definition) is 0. The lowest BCUT2D eigenvalue weighted by Gasteiger charge is -2.32. The van der Waals surface area contributed by atoms with Crippen LogP contribution in [0.3, 0.4) is 0 Å². The van der Waals surface area contributed by atoms with E-state index in [0.29, 0.717) is 12.8 Å². The monoisotopic (exact) mass is 281 g/mol. The third-order valence-corrected chi connectivity index (χ3v) is 5.95. The molecule has 0 unspecified atom stereocenters. The van der Waals surface area contributed by atoms with Gasteiger partial charge in [-0.3, -0.25) is 0 Å². The minimum atomic E-state index is -3.61. The summed E-state index contributed by atoms with van der Waals surface area (Å²) >= 11 is 0. The molecule has 0 amide bonds. The van der Waals surface area contributed by atoms with Gasteiger partial charge in [-0.25, -0.2) is 8.42 Å². The molecular formula is C14H19NO3S. The fourth-order valence-electron chi connectivity index (χ4n) is 2.60. The molecule has 0 aliphatic heterocycles. The molecule has 0 N–H and O–H groups in total. The standard InChI is InChI=1S/C14H19NO3S/c1-12-5-7-13(8-6-12)19(17,18)15(2)14(11-16)9-3-4-10-14/h5-8,11H,3-4,9-10H2,1-2H3. The zero-order valence-corrected chi connectivity index (χ0v) is 12.1. The number of hydrogen-bond acceptors (Lipinski definition) is 3. The van der Waals surface area contributed by atoms with E-state index >= 15 is 0 Å². The van der Waals surface area contributed by atoms with Gasteiger partial charge in [-0.15, -0.1) is 0 Å². The number of carbonyl (C=O) groups excluding carboxylic acids is 1. The van der Waals surface area contributed by atoms with Crippen LogP contribution >= 0.6 is 0 Å². The van der Waals surface area contributed by atoms with Gasteiger partial charge in [0.1, 0.15) is 6.29 Å². The maximum absolute atomic E-state index is 12.6. The zero-order valence-electron chi connectivity index (χ0n) is 11.3. The molecule has 19 heavy (non-hydrogen) atoms. The molecule has 1 aromatic rings. The fourth-order valence-corrected chi connectivity index (χ4v) is 4.10. The van der Waals surface area contributed by atoms with Crippen molar-refractivity contribution in [1.29, 1.82) is 0 Å². The van der Waals surface area contributed by atoms with Crippen LogP contribution in [0.5, 0.6) is 0 Å². The Bertz CT molecular complexity index is 557. The number of rotatable bonds is 4. The minimum Gasteiger partial charge on any atom is -0.301 e. The van der Waals surface area contributed by atoms with Crippen LogP contribution in [0.25, 0.3) is 0 Å². The van der Waals surface area contributed by atoms with Gasteiger partial charge in [-0.2, -0.15) is 4.31 Å². The predicted molar refractivity (Wildman–Crippen MR) is 73.4 cm³/mol. The fraction of sp³-hybridized carbons (Fsp3) is 0.500. The number of sulfonamides is 1. The number of likely N-dealkylation sites (N-methyl/N-ethyl adjacent to an activating group) is 1. The summed E-state index contributed by atoms with van der Waals surface area (Å²) in [6.07, 6.45) is 3.81. The number of aryl methyl sites for hydroxylation is 1. The first-order valence-corrected chi connectivity index (χ1v) is 7.88. The van der Waals surface area contributed by atoms with Gasteiger partial charge >= 0.3 is 0 Å². The van der Waals surface area contributed by atoms with Crippen molar-refractivity contribution in [2.24, 2.45) is 0 Å². The molecule has 0 bridgehead atoms. The Balaban J connectivity index is 2.38. The summed E-state index contributed by atoms with van der Waals surface area (Å²) in [5.41, 5.74) is 0.150. The SMILES string of the molecule is Cc1ccc(S(=O)(=O)N(C)C2(C=O)CCCC2)cc1. The summed E-state index contributed by atoms with van der Waals surface area (Å²) < 4.78 is 26.4. The Morgan fingerprint density at radius 2 is 1.68 bits per heavy atom. The van der Waals surface area contributed by atoms with Crippen molar-refractivity contribution in [3.8, 4) is 0 Å². The maximum Gasteiger partial charge on any atom is 0.243 e. The van der Waals surface area contributed by atoms with Gasteiger partial charge in [-0.1, -0.05) is 30.5 Å². The van der Waals surface area contributed by atoms with Gasteiger partial charge in [0, 0.05) is 7.05 Å². The molecule has 0 aromatic heterocycles. The molecular weight excluding hydrogens is 262 g/mol. The van der Waals surface area contributed by atoms with E-state index in [0.717, 1.165) is 24.7 Å². The minimum absolute atomic E-state index is 0.244. The Morgan fingerprint density at radius 3 is 2.16 bits per heavy atom. The number of carbonyl (C=O) groups is 1. The number of aldehydes is 1. The van der Waals surface area contributed by atoms with Gasteiger partial charge in [0.2, 0.25) is 10.0 Å². The molecule has 1 aliphatic carbocycles. The van der Waals surface area contributed by atoms with E-state index in [-0.39, 0.29) is 4.90 Å². The van der Waals surface area contributed by atoms with E-state index in [1.807, 2.05) is 6.92 Å². The van der Waals surface area contributed by atoms with E-state index in [4.69, 9.17) is 0 Å². The number of nitrogens with zero attached hydrogens (tertiary/aromatic N) is 1. The summed E-state index contributed by atoms with van der Waals surface area (Å²) in [4.78, 5) is 11.6. The van der Waals surface area contributed by atoms with Crippen LogP contribution in [0.1, 0.15) is 31.2 Å². The van der Waals surface area contributed by atoms with E-state index in [2.05, 4.69) is 0 Å². The van der Waals surface area contributed by atoms with E-state index in [1.165, 1.54) is 11.4 Å². The number of benzene rings is 1. The summed E-state index contributed by atoms with van der Waals surface area (Å²) in [7, 11) is -2.10. The van der Waals surface area contributed by atoms with Gasteiger partial charge in [-0.05, 0) is 31.9 Å². The van der Waals surface area contributed by atoms with Crippen LogP contribution in [0.15, 0.2) is 29.2 Å². The van der Waals surface area contributed by atoms with Crippen LogP contribution in [0.4, 0.5) is 0 Å². The highest BCUT2D eigenvalue weighted by Gasteiger charge is 2.43. The highest BCUT2D eigenvalue weighted by Crippen LogP contribution is 2.35. The van der Waals surface area contributed by atoms with Crippen molar-refractivity contribution in [3.63, 3.8) is 0 Å². The van der Waals surface area contributed by atoms with E-state index in [1.54, 1.807) is 24.3 Å². The molecule has 1 aromatic carbocycles. The topological polar surface area (TPSA) is 54.5 Å². The summed E-state index contributed by atoms with van der Waals surface area (Å²) in [6, 6.07) is 6.72. The first kappa shape index (κ1) is 14.2. The highest BCUT2D eigenvalue weighted by atomic mass is 32.2. The van der Waals surface area contributed by atoms with Gasteiger partial charge in [0.25, 0.3) is 0 Å². The van der Waals surface area contributed by atoms with Crippen molar-refractivity contribution in [1.82, 2.24) is 4.31 Å². The van der Waals surface area contributed by atoms with Crippen LogP contribution in [0, 0.1) is 6.92 Å². The van der Waals surface area contributed by atoms with Crippen LogP contribution in [0.2, 0.25) is 0 Å². The smallest absolute Gasteiger partial charge is 0.243 e. The molecule has 104 valence electrons. The lowest BCUT2D eigenvalue weighted by atomic mass is 10.0. The normalized spacial score (nSPS) is 18.7. The molecule has 5 heteroatoms. The largest absolute Gasteiger partial charge is 0.301 e. The average molecular weight is 281 g/mol. The summed E-state index contributed by atoms with van der Waals surface area (Å²) in [5.74, 6) is 0. The van der Waals surface area contributed by atoms with Crippen molar-refractivity contribution in [2.75, 3.05) is 7.05 Å². The Morgan fingerprint density at radius 1 is 1.16 bits per heavy atom. The second-order valence-electron chi connectivity index (χ2n) is 5.21. The Kier molecular flexibility index (Phi) is 3.78. The second-order valence-corrected chi connectivity index (χ2v) is 7.18. The van der Waals surface area contributed by atoms with Crippen LogP contribution in [-0.4, -0.2) is 31.6 Å². The van der Waals surface area contributed by atoms with Gasteiger partial charge in [0.05, 0.1) is 10.4 Å². The van der Waals surface area contributed by atoms with Gasteiger partial charge in [0.15, 0.2) is 0 Å². The molecule has 0 radical (unpaired) electrons. The first-order valence-electron chi connectivity index (χ1n) is 6.44. The third kappa shape index (κ3) is 2.44. The average Bonchev–Trinajstić information content (AvgIpc) is 2.88. The molecule has 0 saturated heterocycles. The van der Waals surface area contributed by atoms with Crippen molar-refractivity contribution in [3.05, 3.63) is 29.8 Å². The lowest BCUT2D eigenvalue weighted by molar-refractivity contribution is -0.115. The highest BCUT2D eigenvalue weighted by molar-refractivity contribution is 7.89. The quantitative estimate of drug-likeness (QED) is 0.794. The van der Waals surface area contributed by atoms with Crippen molar-refractivity contribution < 1.29 is 13.2 Å². The molecule has 1 aliphatic rings. The molecule has 0 heterocycles. The third-order valence-electron chi connectivity index (χ3n) is 4.00. The van der Waals surface area contributed by atoms with Crippen molar-refractivity contribution >= 4 is 16.3 Å². The van der Waals surface area contributed by atoms with E-state index in [9.17, 15) is 13.2 Å². The van der Waals surface area contributed by atoms with Crippen molar-refractivity contribution in [2.45, 2.75) is 43.0 Å². The first-order chi connectivity index (χ1) is 8.92. The molecule has 1 fully saturated rings. The lowest BCUT2D eigenvalue weighted by Crippen LogP contribution is -2.48. The molecule has 2 rings (SSSR count). The second kappa shape index (κ2) is 5.06. The van der Waals surface area contributed by atoms with E-state index < -0.39 is 15.6 Å². The predicted octanol–water partition coefficient (Wildman–Crippen LogP) is 2.13. The molecule has 4 nitrogen and oxygen atoms in total. The molecule has 0 atom stereocenters. The van der Waals surface area contributed by atoms with Gasteiger partial charge < -0.3 is 4.79 Å². The summed E-state index contributed by atoms with van der Waals surface area (Å²) in [6.45, 7) is 1.91. The molecule has 0 spiro atoms. The summed E-state index contributed by atoms with van der Waals surface area (Å²) in [5, 5.41) is 0. The maximum atomic E-state index is 12.6. The Labute approximate surface area is 114 Å². The Hall–Kier alpha value is -1.20. The zero-order chi connectivity index (χ0) is 14.1. The van der Waals surface area contributed by atoms with Crippen LogP contribution in [-0.2, 0) is 14.8 Å². The molecule has 1 saturated carbocycles. The van der Waals surface area contributed by atoms with Crippen LogP contribution < -0.4 is 0 Å².